The average Bonchev–Trinajstić information content (AvgIpc) is 1.97. The van der Waals surface area contributed by atoms with E-state index in [9.17, 15) is 0 Å². The van der Waals surface area contributed by atoms with Gasteiger partial charge in [-0.3, -0.25) is 0 Å². The predicted molar refractivity (Wildman–Crippen MR) is 46.1 cm³/mol. The highest BCUT2D eigenvalue weighted by atomic mass is 19.0. The second-order valence-corrected chi connectivity index (χ2v) is 2.96. The Morgan fingerprint density at radius 2 is 1.45 bits per heavy atom. The van der Waals surface area contributed by atoms with Crippen molar-refractivity contribution in [3.63, 3.8) is 0 Å². The van der Waals surface area contributed by atoms with E-state index in [1.165, 1.54) is 45.1 Å². The second-order valence-electron chi connectivity index (χ2n) is 2.96. The molecule has 0 aliphatic carbocycles. The minimum absolute atomic E-state index is 0. The molecule has 2 heteroatoms. The average molecular weight is 163 g/mol. The van der Waals surface area contributed by atoms with Crippen LogP contribution in [0.5, 0.6) is 0 Å². The van der Waals surface area contributed by atoms with Crippen LogP contribution in [-0.4, -0.2) is 13.6 Å². The summed E-state index contributed by atoms with van der Waals surface area (Å²) in [6.07, 6.45) is 8.52. The van der Waals surface area contributed by atoms with Gasteiger partial charge in [0, 0.05) is 0 Å². The van der Waals surface area contributed by atoms with Gasteiger partial charge in [-0.05, 0) is 12.8 Å². The first kappa shape index (κ1) is 13.5. The third-order valence-electron chi connectivity index (χ3n) is 1.85. The standard InChI is InChI=1S/C9H21N.FH/c1-3-4-5-6-7-8-9-10-2;/h10H,3-9H2,1-2H3;1H. The second kappa shape index (κ2) is 12.6. The Kier molecular flexibility index (Phi) is 15.4. The maximum absolute atomic E-state index is 2.26. The molecule has 0 spiro atoms. The molecule has 0 fully saturated rings. The highest BCUT2D eigenvalue weighted by molar-refractivity contribution is 4.41. The lowest BCUT2D eigenvalue weighted by molar-refractivity contribution is -0.627. The van der Waals surface area contributed by atoms with Crippen molar-refractivity contribution >= 4 is 0 Å². The third kappa shape index (κ3) is 13.0. The number of halogens is 1. The number of hydrogen-bond donors (Lipinski definition) is 1. The fraction of sp³-hybridized carbons (Fsp3) is 1.00. The van der Waals surface area contributed by atoms with Crippen molar-refractivity contribution in [2.75, 3.05) is 13.6 Å². The maximum Gasteiger partial charge on any atom is 0.0753 e. The lowest BCUT2D eigenvalue weighted by atomic mass is 10.1. The zero-order valence-corrected chi connectivity index (χ0v) is 7.91. The minimum Gasteiger partial charge on any atom is -1.00 e. The molecule has 0 rings (SSSR count). The Bertz CT molecular complexity index is 49.5. The Balaban J connectivity index is 0. The molecule has 0 amide bonds. The van der Waals surface area contributed by atoms with Crippen molar-refractivity contribution in [1.29, 1.82) is 0 Å². The monoisotopic (exact) mass is 163 g/mol. The summed E-state index contributed by atoms with van der Waals surface area (Å²) in [6.45, 7) is 3.58. The summed E-state index contributed by atoms with van der Waals surface area (Å²) in [5.74, 6) is 0. The smallest absolute Gasteiger partial charge is 0.0753 e. The van der Waals surface area contributed by atoms with Crippen LogP contribution in [0, 0.1) is 0 Å². The SMILES string of the molecule is CCCCCCCC[NH2+]C.[F-]. The van der Waals surface area contributed by atoms with Gasteiger partial charge in [-0.1, -0.05) is 32.6 Å². The number of unbranched alkanes of at least 4 members (excludes halogenated alkanes) is 5. The van der Waals surface area contributed by atoms with Crippen LogP contribution in [0.3, 0.4) is 0 Å². The van der Waals surface area contributed by atoms with E-state index < -0.39 is 0 Å². The highest BCUT2D eigenvalue weighted by Gasteiger charge is 1.88. The minimum atomic E-state index is 0. The Morgan fingerprint density at radius 1 is 0.909 bits per heavy atom. The summed E-state index contributed by atoms with van der Waals surface area (Å²) in [5, 5.41) is 2.26. The third-order valence-corrected chi connectivity index (χ3v) is 1.85. The van der Waals surface area contributed by atoms with Crippen molar-refractivity contribution in [3.05, 3.63) is 0 Å². The zero-order chi connectivity index (χ0) is 7.66. The van der Waals surface area contributed by atoms with E-state index in [2.05, 4.69) is 19.3 Å². The van der Waals surface area contributed by atoms with Crippen LogP contribution in [0.15, 0.2) is 0 Å². The predicted octanol–water partition coefficient (Wildman–Crippen LogP) is -1.46. The van der Waals surface area contributed by atoms with E-state index in [1.807, 2.05) is 0 Å². The fourth-order valence-corrected chi connectivity index (χ4v) is 1.13. The molecule has 2 N–H and O–H groups in total. The quantitative estimate of drug-likeness (QED) is 0.442. The van der Waals surface area contributed by atoms with Crippen molar-refractivity contribution in [3.8, 4) is 0 Å². The van der Waals surface area contributed by atoms with Gasteiger partial charge in [0.15, 0.2) is 0 Å². The number of rotatable bonds is 7. The van der Waals surface area contributed by atoms with Gasteiger partial charge in [0.05, 0.1) is 13.6 Å². The number of quaternary nitrogens is 1. The van der Waals surface area contributed by atoms with E-state index in [4.69, 9.17) is 0 Å². The molecule has 11 heavy (non-hydrogen) atoms. The molecule has 0 aliphatic rings. The van der Waals surface area contributed by atoms with E-state index in [0.29, 0.717) is 0 Å². The van der Waals surface area contributed by atoms with Crippen LogP contribution < -0.4 is 10.0 Å². The van der Waals surface area contributed by atoms with Gasteiger partial charge in [0.25, 0.3) is 0 Å². The first-order valence-electron chi connectivity index (χ1n) is 4.69. The van der Waals surface area contributed by atoms with Crippen LogP contribution in [0.4, 0.5) is 0 Å². The first-order chi connectivity index (χ1) is 4.91. The Labute approximate surface area is 69.9 Å². The first-order valence-corrected chi connectivity index (χ1v) is 4.69. The highest BCUT2D eigenvalue weighted by Crippen LogP contribution is 2.03. The molecule has 0 radical (unpaired) electrons. The molecule has 0 saturated carbocycles. The molecular weight excluding hydrogens is 141 g/mol. The van der Waals surface area contributed by atoms with E-state index in [0.717, 1.165) is 0 Å². The fourth-order valence-electron chi connectivity index (χ4n) is 1.13. The van der Waals surface area contributed by atoms with Gasteiger partial charge in [0.1, 0.15) is 0 Å². The largest absolute Gasteiger partial charge is 1.00 e. The van der Waals surface area contributed by atoms with E-state index in [1.54, 1.807) is 0 Å². The van der Waals surface area contributed by atoms with Gasteiger partial charge >= 0.3 is 0 Å². The van der Waals surface area contributed by atoms with Gasteiger partial charge in [-0.2, -0.15) is 0 Å². The molecular formula is C9H22FN. The summed E-state index contributed by atoms with van der Waals surface area (Å²) in [6, 6.07) is 0. The van der Waals surface area contributed by atoms with Crippen molar-refractivity contribution in [1.82, 2.24) is 0 Å². The van der Waals surface area contributed by atoms with Crippen LogP contribution in [-0.2, 0) is 0 Å². The lowest BCUT2D eigenvalue weighted by Crippen LogP contribution is -3.00. The van der Waals surface area contributed by atoms with Crippen LogP contribution in [0.25, 0.3) is 0 Å². The van der Waals surface area contributed by atoms with E-state index >= 15 is 0 Å². The number of hydrogen-bond acceptors (Lipinski definition) is 0. The summed E-state index contributed by atoms with van der Waals surface area (Å²) >= 11 is 0. The van der Waals surface area contributed by atoms with Crippen molar-refractivity contribution in [2.24, 2.45) is 0 Å². The summed E-state index contributed by atoms with van der Waals surface area (Å²) < 4.78 is 0. The summed E-state index contributed by atoms with van der Waals surface area (Å²) in [4.78, 5) is 0. The topological polar surface area (TPSA) is 16.6 Å². The lowest BCUT2D eigenvalue weighted by Gasteiger charge is -1.97. The van der Waals surface area contributed by atoms with Crippen LogP contribution >= 0.6 is 0 Å². The molecule has 0 aromatic carbocycles. The Hall–Kier alpha value is -0.110. The molecule has 0 bridgehead atoms. The molecule has 0 aromatic heterocycles. The maximum atomic E-state index is 2.26. The van der Waals surface area contributed by atoms with Gasteiger partial charge in [-0.15, -0.1) is 0 Å². The molecule has 0 unspecified atom stereocenters. The molecule has 70 valence electrons. The molecule has 0 aromatic rings. The summed E-state index contributed by atoms with van der Waals surface area (Å²) in [7, 11) is 2.14. The van der Waals surface area contributed by atoms with E-state index in [-0.39, 0.29) is 4.70 Å². The molecule has 1 nitrogen and oxygen atoms in total. The zero-order valence-electron chi connectivity index (χ0n) is 7.91. The van der Waals surface area contributed by atoms with Crippen molar-refractivity contribution < 1.29 is 10.0 Å². The molecule has 0 aliphatic heterocycles. The van der Waals surface area contributed by atoms with Gasteiger partial charge in [-0.25, -0.2) is 0 Å². The van der Waals surface area contributed by atoms with Gasteiger partial charge < -0.3 is 10.0 Å². The Morgan fingerprint density at radius 3 is 2.00 bits per heavy atom. The van der Waals surface area contributed by atoms with Crippen LogP contribution in [0.2, 0.25) is 0 Å². The molecule has 0 saturated heterocycles. The number of nitrogens with two attached hydrogens (primary N) is 1. The van der Waals surface area contributed by atoms with Crippen LogP contribution in [0.1, 0.15) is 45.4 Å². The summed E-state index contributed by atoms with van der Waals surface area (Å²) in [5.41, 5.74) is 0. The van der Waals surface area contributed by atoms with Crippen molar-refractivity contribution in [2.45, 2.75) is 45.4 Å². The molecule has 0 heterocycles. The van der Waals surface area contributed by atoms with Gasteiger partial charge in [0.2, 0.25) is 0 Å². The molecule has 0 atom stereocenters. The normalized spacial score (nSPS) is 9.27.